The normalized spacial score (nSPS) is 14.5. The first-order valence-corrected chi connectivity index (χ1v) is 12.2. The minimum absolute atomic E-state index is 0.00625. The van der Waals surface area contributed by atoms with Gasteiger partial charge in [-0.1, -0.05) is 11.6 Å². The third kappa shape index (κ3) is 4.43. The summed E-state index contributed by atoms with van der Waals surface area (Å²) < 4.78 is 21.5. The minimum Gasteiger partial charge on any atom is -0.474 e. The molecule has 3 aromatic heterocycles. The van der Waals surface area contributed by atoms with Crippen LogP contribution in [0.15, 0.2) is 53.9 Å². The Kier molecular flexibility index (Phi) is 6.34. The Morgan fingerprint density at radius 3 is 2.65 bits per heavy atom. The van der Waals surface area contributed by atoms with E-state index in [1.165, 1.54) is 11.2 Å². The molecule has 1 amide bonds. The molecule has 34 heavy (non-hydrogen) atoms. The quantitative estimate of drug-likeness (QED) is 0.297. The fourth-order valence-electron chi connectivity index (χ4n) is 3.91. The van der Waals surface area contributed by atoms with E-state index in [1.54, 1.807) is 27.5 Å². The molecule has 1 aliphatic rings. The van der Waals surface area contributed by atoms with Crippen LogP contribution in [-0.2, 0) is 0 Å². The van der Waals surface area contributed by atoms with Gasteiger partial charge >= 0.3 is 0 Å². The van der Waals surface area contributed by atoms with Crippen LogP contribution < -0.4 is 4.74 Å². The largest absolute Gasteiger partial charge is 0.474 e. The third-order valence-electron chi connectivity index (χ3n) is 5.69. The van der Waals surface area contributed by atoms with E-state index in [-0.39, 0.29) is 22.7 Å². The predicted molar refractivity (Wildman–Crippen MR) is 127 cm³/mol. The van der Waals surface area contributed by atoms with E-state index in [9.17, 15) is 9.18 Å². The molecule has 0 spiro atoms. The Bertz CT molecular complexity index is 1340. The second kappa shape index (κ2) is 9.55. The van der Waals surface area contributed by atoms with Crippen LogP contribution in [0, 0.1) is 5.82 Å². The van der Waals surface area contributed by atoms with Crippen molar-refractivity contribution in [1.82, 2.24) is 29.6 Å². The molecular weight excluding hydrogens is 479 g/mol. The molecule has 5 rings (SSSR count). The van der Waals surface area contributed by atoms with Gasteiger partial charge in [0.2, 0.25) is 5.88 Å². The van der Waals surface area contributed by atoms with E-state index in [4.69, 9.17) is 16.3 Å². The fourth-order valence-corrected chi connectivity index (χ4v) is 4.50. The molecule has 0 bridgehead atoms. The molecule has 11 heteroatoms. The van der Waals surface area contributed by atoms with Crippen molar-refractivity contribution in [3.05, 3.63) is 65.6 Å². The van der Waals surface area contributed by atoms with Gasteiger partial charge in [0.05, 0.1) is 23.6 Å². The number of carbonyl (C=O) groups excluding carboxylic acids is 1. The maximum absolute atomic E-state index is 13.5. The number of piperidine rings is 1. The molecule has 1 saturated heterocycles. The van der Waals surface area contributed by atoms with Crippen LogP contribution in [0.3, 0.4) is 0 Å². The van der Waals surface area contributed by atoms with Gasteiger partial charge in [-0.3, -0.25) is 4.79 Å². The lowest BCUT2D eigenvalue weighted by Gasteiger charge is -2.32. The summed E-state index contributed by atoms with van der Waals surface area (Å²) in [5, 5.41) is 5.19. The van der Waals surface area contributed by atoms with Gasteiger partial charge in [0.25, 0.3) is 5.91 Å². The Hall–Kier alpha value is -3.24. The molecule has 174 valence electrons. The molecule has 0 saturated carbocycles. The number of ether oxygens (including phenoxy) is 1. The highest BCUT2D eigenvalue weighted by Gasteiger charge is 2.27. The Balaban J connectivity index is 1.29. The zero-order valence-corrected chi connectivity index (χ0v) is 19.8. The maximum atomic E-state index is 13.5. The van der Waals surface area contributed by atoms with Gasteiger partial charge in [0.1, 0.15) is 28.8 Å². The van der Waals surface area contributed by atoms with Crippen molar-refractivity contribution in [3.8, 4) is 11.6 Å². The SMILES string of the molecule is CSc1ccc(-n2ncc3c(OC4CCN(C(=O)c5cc(F)cnc5Cl)CC4)ncnc32)cc1. The number of hydrogen-bond donors (Lipinski definition) is 0. The second-order valence-electron chi connectivity index (χ2n) is 7.77. The lowest BCUT2D eigenvalue weighted by molar-refractivity contribution is 0.0590. The summed E-state index contributed by atoms with van der Waals surface area (Å²) in [6.45, 7) is 0.900. The standard InChI is InChI=1S/C23H20ClFN6O2S/c1-34-17-4-2-15(3-5-17)31-21-19(12-29-31)22(28-13-27-21)33-16-6-8-30(9-7-16)23(32)18-10-14(25)11-26-20(18)24/h2-5,10-13,16H,6-9H2,1H3. The number of carbonyl (C=O) groups is 1. The van der Waals surface area contributed by atoms with E-state index < -0.39 is 5.82 Å². The second-order valence-corrected chi connectivity index (χ2v) is 9.01. The van der Waals surface area contributed by atoms with Crippen molar-refractivity contribution >= 4 is 40.3 Å². The lowest BCUT2D eigenvalue weighted by atomic mass is 10.1. The van der Waals surface area contributed by atoms with E-state index in [1.807, 2.05) is 30.5 Å². The van der Waals surface area contributed by atoms with Crippen LogP contribution in [-0.4, -0.2) is 61.0 Å². The summed E-state index contributed by atoms with van der Waals surface area (Å²) in [6.07, 6.45) is 7.25. The van der Waals surface area contributed by atoms with Crippen LogP contribution in [0.2, 0.25) is 5.15 Å². The predicted octanol–water partition coefficient (Wildman–Crippen LogP) is 4.41. The Labute approximate surface area is 204 Å². The summed E-state index contributed by atoms with van der Waals surface area (Å²) >= 11 is 7.67. The molecule has 0 N–H and O–H groups in total. The first-order valence-electron chi connectivity index (χ1n) is 10.6. The molecular formula is C23H20ClFN6O2S. The number of halogens is 2. The summed E-state index contributed by atoms with van der Waals surface area (Å²) in [5.74, 6) is -0.479. The monoisotopic (exact) mass is 498 g/mol. The number of nitrogens with zero attached hydrogens (tertiary/aromatic N) is 6. The number of amides is 1. The van der Waals surface area contributed by atoms with Crippen LogP contribution >= 0.6 is 23.4 Å². The van der Waals surface area contributed by atoms with Gasteiger partial charge in [-0.05, 0) is 36.6 Å². The molecule has 8 nitrogen and oxygen atoms in total. The molecule has 0 atom stereocenters. The van der Waals surface area contributed by atoms with Crippen LogP contribution in [0.4, 0.5) is 4.39 Å². The van der Waals surface area contributed by atoms with E-state index in [0.717, 1.165) is 18.0 Å². The van der Waals surface area contributed by atoms with E-state index in [2.05, 4.69) is 20.1 Å². The molecule has 1 aromatic carbocycles. The van der Waals surface area contributed by atoms with Crippen molar-refractivity contribution in [2.45, 2.75) is 23.8 Å². The van der Waals surface area contributed by atoms with Crippen molar-refractivity contribution in [3.63, 3.8) is 0 Å². The highest BCUT2D eigenvalue weighted by Crippen LogP contribution is 2.27. The number of hydrogen-bond acceptors (Lipinski definition) is 7. The van der Waals surface area contributed by atoms with Crippen LogP contribution in [0.5, 0.6) is 5.88 Å². The molecule has 4 heterocycles. The van der Waals surface area contributed by atoms with Crippen molar-refractivity contribution in [2.75, 3.05) is 19.3 Å². The number of aromatic nitrogens is 5. The molecule has 0 aliphatic carbocycles. The fraction of sp³-hybridized carbons (Fsp3) is 0.261. The zero-order valence-electron chi connectivity index (χ0n) is 18.2. The highest BCUT2D eigenvalue weighted by molar-refractivity contribution is 7.98. The number of pyridine rings is 1. The first-order chi connectivity index (χ1) is 16.5. The minimum atomic E-state index is -0.598. The van der Waals surface area contributed by atoms with Crippen LogP contribution in [0.25, 0.3) is 16.7 Å². The molecule has 4 aromatic rings. The van der Waals surface area contributed by atoms with Crippen molar-refractivity contribution in [2.24, 2.45) is 0 Å². The van der Waals surface area contributed by atoms with Gasteiger partial charge in [-0.15, -0.1) is 11.8 Å². The molecule has 1 fully saturated rings. The highest BCUT2D eigenvalue weighted by atomic mass is 35.5. The smallest absolute Gasteiger partial charge is 0.257 e. The molecule has 0 unspecified atom stereocenters. The first kappa shape index (κ1) is 22.5. The van der Waals surface area contributed by atoms with Gasteiger partial charge < -0.3 is 9.64 Å². The maximum Gasteiger partial charge on any atom is 0.257 e. The van der Waals surface area contributed by atoms with Gasteiger partial charge in [0, 0.05) is 30.8 Å². The van der Waals surface area contributed by atoms with E-state index >= 15 is 0 Å². The summed E-state index contributed by atoms with van der Waals surface area (Å²) in [7, 11) is 0. The number of benzene rings is 1. The number of fused-ring (bicyclic) bond motifs is 1. The van der Waals surface area contributed by atoms with Gasteiger partial charge in [0.15, 0.2) is 5.65 Å². The average molecular weight is 499 g/mol. The number of rotatable bonds is 5. The third-order valence-corrected chi connectivity index (χ3v) is 6.73. The van der Waals surface area contributed by atoms with Crippen molar-refractivity contribution in [1.29, 1.82) is 0 Å². The molecule has 0 radical (unpaired) electrons. The van der Waals surface area contributed by atoms with Gasteiger partial charge in [-0.25, -0.2) is 24.0 Å². The van der Waals surface area contributed by atoms with Crippen molar-refractivity contribution < 1.29 is 13.9 Å². The summed E-state index contributed by atoms with van der Waals surface area (Å²) in [5.41, 5.74) is 1.62. The Morgan fingerprint density at radius 1 is 1.15 bits per heavy atom. The topological polar surface area (TPSA) is 86.0 Å². The zero-order chi connectivity index (χ0) is 23.7. The summed E-state index contributed by atoms with van der Waals surface area (Å²) in [6, 6.07) is 9.18. The van der Waals surface area contributed by atoms with Crippen LogP contribution in [0.1, 0.15) is 23.2 Å². The average Bonchev–Trinajstić information content (AvgIpc) is 3.31. The lowest BCUT2D eigenvalue weighted by Crippen LogP contribution is -2.42. The molecule has 1 aliphatic heterocycles. The Morgan fingerprint density at radius 2 is 1.91 bits per heavy atom. The summed E-state index contributed by atoms with van der Waals surface area (Å²) in [4.78, 5) is 28.0. The number of likely N-dealkylation sites (tertiary alicyclic amines) is 1. The van der Waals surface area contributed by atoms with Gasteiger partial charge in [-0.2, -0.15) is 5.10 Å². The van der Waals surface area contributed by atoms with E-state index in [0.29, 0.717) is 42.8 Å². The number of thioether (sulfide) groups is 1.